The van der Waals surface area contributed by atoms with Crippen LogP contribution in [0.3, 0.4) is 0 Å². The maximum atomic E-state index is 6.32. The van der Waals surface area contributed by atoms with Gasteiger partial charge < -0.3 is 15.2 Å². The Morgan fingerprint density at radius 3 is 2.85 bits per heavy atom. The van der Waals surface area contributed by atoms with E-state index in [4.69, 9.17) is 15.2 Å². The molecule has 3 heteroatoms. The molecule has 1 aromatic rings. The van der Waals surface area contributed by atoms with E-state index in [9.17, 15) is 0 Å². The molecule has 0 radical (unpaired) electrons. The van der Waals surface area contributed by atoms with Crippen LogP contribution in [-0.4, -0.2) is 25.4 Å². The van der Waals surface area contributed by atoms with Crippen molar-refractivity contribution < 1.29 is 9.47 Å². The molecule has 2 atom stereocenters. The van der Waals surface area contributed by atoms with Crippen molar-refractivity contribution in [3.8, 4) is 5.75 Å². The molecule has 3 nitrogen and oxygen atoms in total. The van der Waals surface area contributed by atoms with Crippen LogP contribution in [0, 0.1) is 5.92 Å². The minimum absolute atomic E-state index is 0.0967. The van der Waals surface area contributed by atoms with Crippen LogP contribution in [0.5, 0.6) is 5.75 Å². The number of ether oxygens (including phenoxy) is 2. The molecule has 20 heavy (non-hydrogen) atoms. The highest BCUT2D eigenvalue weighted by molar-refractivity contribution is 5.39. The van der Waals surface area contributed by atoms with E-state index in [1.807, 2.05) is 6.92 Å². The van der Waals surface area contributed by atoms with Crippen LogP contribution in [-0.2, 0) is 17.6 Å². The summed E-state index contributed by atoms with van der Waals surface area (Å²) in [6.07, 6.45) is 3.15. The summed E-state index contributed by atoms with van der Waals surface area (Å²) in [4.78, 5) is 0. The summed E-state index contributed by atoms with van der Waals surface area (Å²) >= 11 is 0. The smallest absolute Gasteiger partial charge is 0.122 e. The third-order valence-electron chi connectivity index (χ3n) is 3.96. The van der Waals surface area contributed by atoms with Gasteiger partial charge in [0.2, 0.25) is 0 Å². The Hall–Kier alpha value is -1.06. The van der Waals surface area contributed by atoms with Gasteiger partial charge in [-0.15, -0.1) is 0 Å². The fraction of sp³-hybridized carbons (Fsp3) is 0.647. The van der Waals surface area contributed by atoms with E-state index in [1.165, 1.54) is 11.1 Å². The molecule has 1 aliphatic rings. The molecule has 1 heterocycles. The van der Waals surface area contributed by atoms with Gasteiger partial charge in [-0.1, -0.05) is 26.0 Å². The topological polar surface area (TPSA) is 44.5 Å². The van der Waals surface area contributed by atoms with Crippen molar-refractivity contribution in [2.45, 2.75) is 52.2 Å². The largest absolute Gasteiger partial charge is 0.493 e. The van der Waals surface area contributed by atoms with Gasteiger partial charge in [0.05, 0.1) is 12.7 Å². The van der Waals surface area contributed by atoms with Crippen molar-refractivity contribution in [2.75, 3.05) is 13.2 Å². The maximum Gasteiger partial charge on any atom is 0.122 e. The van der Waals surface area contributed by atoms with E-state index < -0.39 is 0 Å². The van der Waals surface area contributed by atoms with Gasteiger partial charge in [0, 0.05) is 19.1 Å². The van der Waals surface area contributed by atoms with Crippen LogP contribution in [0.1, 0.15) is 38.3 Å². The van der Waals surface area contributed by atoms with Crippen molar-refractivity contribution in [3.05, 3.63) is 29.3 Å². The number of nitrogens with two attached hydrogens (primary N) is 1. The van der Waals surface area contributed by atoms with E-state index in [-0.39, 0.29) is 12.1 Å². The highest BCUT2D eigenvalue weighted by Crippen LogP contribution is 2.26. The van der Waals surface area contributed by atoms with Crippen LogP contribution in [0.15, 0.2) is 18.2 Å². The molecule has 112 valence electrons. The first kappa shape index (κ1) is 15.3. The highest BCUT2D eigenvalue weighted by Gasteiger charge is 2.21. The summed E-state index contributed by atoms with van der Waals surface area (Å²) in [5, 5.41) is 0. The molecule has 0 aromatic heterocycles. The molecule has 0 bridgehead atoms. The van der Waals surface area contributed by atoms with Crippen molar-refractivity contribution in [3.63, 3.8) is 0 Å². The Balaban J connectivity index is 1.90. The normalized spacial score (nSPS) is 16.9. The molecule has 0 amide bonds. The van der Waals surface area contributed by atoms with Crippen molar-refractivity contribution >= 4 is 0 Å². The Morgan fingerprint density at radius 1 is 1.35 bits per heavy atom. The Labute approximate surface area is 122 Å². The van der Waals surface area contributed by atoms with Crippen molar-refractivity contribution in [2.24, 2.45) is 11.7 Å². The van der Waals surface area contributed by atoms with E-state index >= 15 is 0 Å². The summed E-state index contributed by atoms with van der Waals surface area (Å²) < 4.78 is 11.3. The quantitative estimate of drug-likeness (QED) is 0.833. The van der Waals surface area contributed by atoms with Crippen LogP contribution >= 0.6 is 0 Å². The number of hydrogen-bond acceptors (Lipinski definition) is 3. The first-order valence-electron chi connectivity index (χ1n) is 7.73. The second-order valence-electron chi connectivity index (χ2n) is 5.91. The Kier molecular flexibility index (Phi) is 5.44. The van der Waals surface area contributed by atoms with E-state index in [2.05, 4.69) is 32.0 Å². The lowest BCUT2D eigenvalue weighted by Gasteiger charge is -2.27. The van der Waals surface area contributed by atoms with Gasteiger partial charge in [-0.05, 0) is 42.9 Å². The van der Waals surface area contributed by atoms with Gasteiger partial charge in [-0.3, -0.25) is 0 Å². The van der Waals surface area contributed by atoms with Crippen molar-refractivity contribution in [1.29, 1.82) is 0 Å². The second kappa shape index (κ2) is 7.09. The highest BCUT2D eigenvalue weighted by atomic mass is 16.5. The standard InChI is InChI=1S/C17H27NO2/c1-4-19-17(12(2)3)15(18)7-5-13-6-8-16-14(11-13)9-10-20-16/h6,8,11-12,15,17H,4-5,7,9-10,18H2,1-3H3. The van der Waals surface area contributed by atoms with Gasteiger partial charge in [0.25, 0.3) is 0 Å². The molecule has 1 aliphatic heterocycles. The summed E-state index contributed by atoms with van der Waals surface area (Å²) in [5.41, 5.74) is 9.00. The minimum atomic E-state index is 0.0967. The van der Waals surface area contributed by atoms with E-state index in [1.54, 1.807) is 0 Å². The predicted octanol–water partition coefficient (Wildman–Crippen LogP) is 2.94. The summed E-state index contributed by atoms with van der Waals surface area (Å²) in [7, 11) is 0. The summed E-state index contributed by atoms with van der Waals surface area (Å²) in [6.45, 7) is 7.92. The van der Waals surface area contributed by atoms with Crippen LogP contribution in [0.25, 0.3) is 0 Å². The number of hydrogen-bond donors (Lipinski definition) is 1. The molecule has 2 N–H and O–H groups in total. The lowest BCUT2D eigenvalue weighted by Crippen LogP contribution is -2.40. The molecular weight excluding hydrogens is 250 g/mol. The molecule has 2 rings (SSSR count). The first-order valence-corrected chi connectivity index (χ1v) is 7.73. The van der Waals surface area contributed by atoms with Gasteiger partial charge in [0.15, 0.2) is 0 Å². The minimum Gasteiger partial charge on any atom is -0.493 e. The van der Waals surface area contributed by atoms with E-state index in [0.29, 0.717) is 5.92 Å². The fourth-order valence-corrected chi connectivity index (χ4v) is 2.90. The Morgan fingerprint density at radius 2 is 2.15 bits per heavy atom. The maximum absolute atomic E-state index is 6.32. The summed E-state index contributed by atoms with van der Waals surface area (Å²) in [6, 6.07) is 6.60. The van der Waals surface area contributed by atoms with Gasteiger partial charge >= 0.3 is 0 Å². The zero-order chi connectivity index (χ0) is 14.5. The lowest BCUT2D eigenvalue weighted by molar-refractivity contribution is 0.0110. The second-order valence-corrected chi connectivity index (χ2v) is 5.91. The zero-order valence-electron chi connectivity index (χ0n) is 12.9. The zero-order valence-corrected chi connectivity index (χ0v) is 12.9. The third-order valence-corrected chi connectivity index (χ3v) is 3.96. The first-order chi connectivity index (χ1) is 9.61. The van der Waals surface area contributed by atoms with Crippen molar-refractivity contribution in [1.82, 2.24) is 0 Å². The van der Waals surface area contributed by atoms with Crippen LogP contribution in [0.2, 0.25) is 0 Å². The number of fused-ring (bicyclic) bond motifs is 1. The van der Waals surface area contributed by atoms with Gasteiger partial charge in [-0.25, -0.2) is 0 Å². The molecular formula is C17H27NO2. The van der Waals surface area contributed by atoms with E-state index in [0.717, 1.165) is 38.2 Å². The third kappa shape index (κ3) is 3.74. The molecule has 0 fully saturated rings. The molecule has 0 saturated carbocycles. The fourth-order valence-electron chi connectivity index (χ4n) is 2.90. The van der Waals surface area contributed by atoms with Gasteiger partial charge in [0.1, 0.15) is 5.75 Å². The average Bonchev–Trinajstić information content (AvgIpc) is 2.89. The number of aryl methyl sites for hydroxylation is 1. The lowest BCUT2D eigenvalue weighted by atomic mass is 9.94. The molecule has 2 unspecified atom stereocenters. The molecule has 0 aliphatic carbocycles. The number of benzene rings is 1. The average molecular weight is 277 g/mol. The van der Waals surface area contributed by atoms with Gasteiger partial charge in [-0.2, -0.15) is 0 Å². The van der Waals surface area contributed by atoms with Crippen LogP contribution < -0.4 is 10.5 Å². The molecule has 0 spiro atoms. The molecule has 1 aromatic carbocycles. The predicted molar refractivity (Wildman–Crippen MR) is 82.2 cm³/mol. The van der Waals surface area contributed by atoms with Crippen LogP contribution in [0.4, 0.5) is 0 Å². The monoisotopic (exact) mass is 277 g/mol. The number of rotatable bonds is 7. The molecule has 0 saturated heterocycles. The SMILES string of the molecule is CCOC(C(C)C)C(N)CCc1ccc2c(c1)CCO2. The summed E-state index contributed by atoms with van der Waals surface area (Å²) in [5.74, 6) is 1.51. The Bertz CT molecular complexity index is 431.